The molecule has 0 radical (unpaired) electrons. The number of amidine groups is 1. The molecule has 0 aromatic heterocycles. The lowest BCUT2D eigenvalue weighted by Crippen LogP contribution is -2.37. The van der Waals surface area contributed by atoms with Crippen molar-refractivity contribution in [3.63, 3.8) is 0 Å². The van der Waals surface area contributed by atoms with E-state index in [-0.39, 0.29) is 11.9 Å². The Morgan fingerprint density at radius 3 is 2.53 bits per heavy atom. The monoisotopic (exact) mass is 271 g/mol. The zero-order valence-electron chi connectivity index (χ0n) is 10.6. The van der Waals surface area contributed by atoms with E-state index in [1.165, 1.54) is 4.90 Å². The van der Waals surface area contributed by atoms with Gasteiger partial charge in [-0.15, -0.1) is 0 Å². The van der Waals surface area contributed by atoms with Gasteiger partial charge in [-0.05, 0) is 37.5 Å². The first-order chi connectivity index (χ1) is 8.78. The van der Waals surface area contributed by atoms with Gasteiger partial charge in [-0.1, -0.05) is 6.07 Å². The van der Waals surface area contributed by atoms with Crippen LogP contribution in [0.4, 0.5) is 18.9 Å². The van der Waals surface area contributed by atoms with Crippen LogP contribution < -0.4 is 10.6 Å². The van der Waals surface area contributed by atoms with Gasteiger partial charge in [0.1, 0.15) is 12.4 Å². The lowest BCUT2D eigenvalue weighted by Gasteiger charge is -2.28. The zero-order chi connectivity index (χ0) is 14.2. The molecule has 1 aromatic rings. The number of halogens is 3. The third-order valence-corrected chi connectivity index (χ3v) is 3.09. The van der Waals surface area contributed by atoms with Crippen LogP contribution in [0.15, 0.2) is 18.2 Å². The minimum atomic E-state index is -4.26. The Kier molecular flexibility index (Phi) is 3.43. The van der Waals surface area contributed by atoms with Crippen molar-refractivity contribution in [2.24, 2.45) is 5.73 Å². The second-order valence-corrected chi connectivity index (χ2v) is 4.91. The van der Waals surface area contributed by atoms with Crippen molar-refractivity contribution < 1.29 is 13.2 Å². The molecule has 0 saturated heterocycles. The largest absolute Gasteiger partial charge is 0.405 e. The molecule has 104 valence electrons. The first kappa shape index (κ1) is 13.7. The molecule has 0 heterocycles. The summed E-state index contributed by atoms with van der Waals surface area (Å²) in [6, 6.07) is 4.93. The molecule has 0 amide bonds. The number of anilines is 1. The Bertz CT molecular complexity index is 492. The van der Waals surface area contributed by atoms with Gasteiger partial charge in [0.2, 0.25) is 0 Å². The molecule has 1 aliphatic rings. The molecule has 1 saturated carbocycles. The van der Waals surface area contributed by atoms with Crippen molar-refractivity contribution in [1.82, 2.24) is 0 Å². The average Bonchev–Trinajstić information content (AvgIpc) is 3.07. The minimum Gasteiger partial charge on any atom is -0.384 e. The molecule has 3 nitrogen and oxygen atoms in total. The highest BCUT2D eigenvalue weighted by atomic mass is 19.4. The number of nitrogens with zero attached hydrogens (tertiary/aromatic N) is 1. The highest BCUT2D eigenvalue weighted by Gasteiger charge is 2.39. The van der Waals surface area contributed by atoms with Gasteiger partial charge in [-0.3, -0.25) is 5.41 Å². The van der Waals surface area contributed by atoms with Gasteiger partial charge >= 0.3 is 6.18 Å². The molecule has 1 aliphatic carbocycles. The van der Waals surface area contributed by atoms with Crippen LogP contribution in [0.3, 0.4) is 0 Å². The molecule has 1 aromatic carbocycles. The topological polar surface area (TPSA) is 53.1 Å². The van der Waals surface area contributed by atoms with E-state index in [0.29, 0.717) is 11.3 Å². The quantitative estimate of drug-likeness (QED) is 0.653. The van der Waals surface area contributed by atoms with Gasteiger partial charge in [-0.2, -0.15) is 13.2 Å². The van der Waals surface area contributed by atoms with Crippen molar-refractivity contribution in [3.8, 4) is 0 Å². The number of hydrogen-bond donors (Lipinski definition) is 2. The summed E-state index contributed by atoms with van der Waals surface area (Å²) in [7, 11) is 0. The third-order valence-electron chi connectivity index (χ3n) is 3.09. The maximum Gasteiger partial charge on any atom is 0.405 e. The minimum absolute atomic E-state index is 0.0958. The van der Waals surface area contributed by atoms with Gasteiger partial charge in [0.25, 0.3) is 0 Å². The first-order valence-electron chi connectivity index (χ1n) is 6.06. The molecule has 0 unspecified atom stereocenters. The van der Waals surface area contributed by atoms with Crippen molar-refractivity contribution in [2.45, 2.75) is 32.0 Å². The summed E-state index contributed by atoms with van der Waals surface area (Å²) in [4.78, 5) is 1.32. The Hall–Kier alpha value is -1.72. The lowest BCUT2D eigenvalue weighted by molar-refractivity contribution is -0.120. The average molecular weight is 271 g/mol. The van der Waals surface area contributed by atoms with Crippen LogP contribution in [0.2, 0.25) is 0 Å². The van der Waals surface area contributed by atoms with E-state index in [1.807, 2.05) is 6.92 Å². The Morgan fingerprint density at radius 2 is 2.05 bits per heavy atom. The van der Waals surface area contributed by atoms with E-state index in [2.05, 4.69) is 0 Å². The van der Waals surface area contributed by atoms with Gasteiger partial charge in [-0.25, -0.2) is 0 Å². The fourth-order valence-electron chi connectivity index (χ4n) is 2.10. The number of nitrogens with two attached hydrogens (primary N) is 1. The predicted octanol–water partition coefficient (Wildman–Crippen LogP) is 2.81. The SMILES string of the molecule is Cc1ccc(C(=N)N)c(N(CC(F)(F)F)C2CC2)c1. The molecule has 19 heavy (non-hydrogen) atoms. The number of benzene rings is 1. The van der Waals surface area contributed by atoms with Crippen molar-refractivity contribution in [2.75, 3.05) is 11.4 Å². The van der Waals surface area contributed by atoms with Crippen LogP contribution in [0, 0.1) is 12.3 Å². The van der Waals surface area contributed by atoms with E-state index in [9.17, 15) is 13.2 Å². The van der Waals surface area contributed by atoms with Gasteiger partial charge in [0, 0.05) is 17.3 Å². The summed E-state index contributed by atoms with van der Waals surface area (Å²) < 4.78 is 38.1. The second kappa shape index (κ2) is 4.75. The summed E-state index contributed by atoms with van der Waals surface area (Å²) >= 11 is 0. The molecule has 0 aliphatic heterocycles. The molecule has 2 rings (SSSR count). The van der Waals surface area contributed by atoms with E-state index < -0.39 is 12.7 Å². The summed E-state index contributed by atoms with van der Waals surface area (Å²) in [5.74, 6) is -0.206. The summed E-state index contributed by atoms with van der Waals surface area (Å²) in [5, 5.41) is 7.50. The molecule has 6 heteroatoms. The highest BCUT2D eigenvalue weighted by Crippen LogP contribution is 2.36. The first-order valence-corrected chi connectivity index (χ1v) is 6.06. The standard InChI is InChI=1S/C13H16F3N3/c1-8-2-5-10(12(17)18)11(6-8)19(9-3-4-9)7-13(14,15)16/h2,5-6,9H,3-4,7H2,1H3,(H3,17,18). The van der Waals surface area contributed by atoms with E-state index in [0.717, 1.165) is 18.4 Å². The molecular weight excluding hydrogens is 255 g/mol. The maximum absolute atomic E-state index is 12.7. The zero-order valence-corrected chi connectivity index (χ0v) is 10.6. The van der Waals surface area contributed by atoms with Crippen LogP contribution in [0.25, 0.3) is 0 Å². The fraction of sp³-hybridized carbons (Fsp3) is 0.462. The van der Waals surface area contributed by atoms with Crippen molar-refractivity contribution in [3.05, 3.63) is 29.3 Å². The number of alkyl halides is 3. The number of nitrogen functional groups attached to an aromatic ring is 1. The molecule has 3 N–H and O–H groups in total. The van der Waals surface area contributed by atoms with Crippen LogP contribution in [0.5, 0.6) is 0 Å². The van der Waals surface area contributed by atoms with E-state index in [1.54, 1.807) is 18.2 Å². The molecule has 0 bridgehead atoms. The fourth-order valence-corrected chi connectivity index (χ4v) is 2.10. The van der Waals surface area contributed by atoms with Gasteiger partial charge < -0.3 is 10.6 Å². The van der Waals surface area contributed by atoms with E-state index in [4.69, 9.17) is 11.1 Å². The number of aryl methyl sites for hydroxylation is 1. The number of hydrogen-bond acceptors (Lipinski definition) is 2. The lowest BCUT2D eigenvalue weighted by atomic mass is 10.1. The summed E-state index contributed by atoms with van der Waals surface area (Å²) in [5.41, 5.74) is 7.09. The van der Waals surface area contributed by atoms with Crippen molar-refractivity contribution >= 4 is 11.5 Å². The molecule has 0 spiro atoms. The highest BCUT2D eigenvalue weighted by molar-refractivity contribution is 6.00. The van der Waals surface area contributed by atoms with Crippen LogP contribution in [0.1, 0.15) is 24.0 Å². The van der Waals surface area contributed by atoms with Gasteiger partial charge in [0.15, 0.2) is 0 Å². The third kappa shape index (κ3) is 3.39. The Labute approximate surface area is 109 Å². The number of rotatable bonds is 4. The van der Waals surface area contributed by atoms with Crippen LogP contribution in [-0.2, 0) is 0 Å². The molecular formula is C13H16F3N3. The summed E-state index contributed by atoms with van der Waals surface area (Å²) in [6.07, 6.45) is -2.76. The van der Waals surface area contributed by atoms with Crippen molar-refractivity contribution in [1.29, 1.82) is 5.41 Å². The predicted molar refractivity (Wildman–Crippen MR) is 68.6 cm³/mol. The second-order valence-electron chi connectivity index (χ2n) is 4.91. The maximum atomic E-state index is 12.7. The molecule has 0 atom stereocenters. The molecule has 1 fully saturated rings. The van der Waals surface area contributed by atoms with Crippen LogP contribution in [-0.4, -0.2) is 24.6 Å². The Balaban J connectivity index is 2.40. The van der Waals surface area contributed by atoms with Crippen LogP contribution >= 0.6 is 0 Å². The summed E-state index contributed by atoms with van der Waals surface area (Å²) in [6.45, 7) is 0.813. The smallest absolute Gasteiger partial charge is 0.384 e. The number of nitrogens with one attached hydrogen (secondary N) is 1. The normalized spacial score (nSPS) is 15.4. The van der Waals surface area contributed by atoms with E-state index >= 15 is 0 Å². The Morgan fingerprint density at radius 1 is 1.42 bits per heavy atom. The van der Waals surface area contributed by atoms with Gasteiger partial charge in [0.05, 0.1) is 0 Å².